The van der Waals surface area contributed by atoms with Gasteiger partial charge in [0.05, 0.1) is 37.2 Å². The van der Waals surface area contributed by atoms with Crippen molar-refractivity contribution in [2.75, 3.05) is 43.1 Å². The number of anilines is 2. The summed E-state index contributed by atoms with van der Waals surface area (Å²) in [5.74, 6) is -2.45. The summed E-state index contributed by atoms with van der Waals surface area (Å²) in [5, 5.41) is 5.22. The Morgan fingerprint density at radius 2 is 2.12 bits per heavy atom. The van der Waals surface area contributed by atoms with Gasteiger partial charge >= 0.3 is 0 Å². The van der Waals surface area contributed by atoms with Gasteiger partial charge < -0.3 is 15.0 Å². The third kappa shape index (κ3) is 4.31. The Balaban J connectivity index is 0.00000208. The molecule has 2 aliphatic rings. The van der Waals surface area contributed by atoms with Crippen LogP contribution in [0.5, 0.6) is 0 Å². The number of nitrogens with zero attached hydrogens (tertiary/aromatic N) is 2. The Bertz CT molecular complexity index is 597. The molecule has 3 heterocycles. The molecule has 1 aromatic rings. The SMILES string of the molecule is Cc1nc(N2CCOCC2)ccc1NC(=O)C1CC(F)(F)CN1.Cl. The molecule has 0 saturated carbocycles. The molecule has 0 aromatic carbocycles. The third-order valence-electron chi connectivity index (χ3n) is 4.09. The van der Waals surface area contributed by atoms with Crippen molar-refractivity contribution in [1.82, 2.24) is 10.3 Å². The maximum atomic E-state index is 13.2. The van der Waals surface area contributed by atoms with Gasteiger partial charge in [0.25, 0.3) is 5.92 Å². The maximum Gasteiger partial charge on any atom is 0.262 e. The van der Waals surface area contributed by atoms with E-state index in [0.29, 0.717) is 24.6 Å². The molecule has 0 spiro atoms. The first kappa shape index (κ1) is 18.8. The zero-order valence-electron chi connectivity index (χ0n) is 13.3. The first-order valence-electron chi connectivity index (χ1n) is 7.67. The average Bonchev–Trinajstić information content (AvgIpc) is 2.90. The molecular formula is C15H21ClF2N4O2. The number of carbonyl (C=O) groups excluding carboxylic acids is 1. The third-order valence-corrected chi connectivity index (χ3v) is 4.09. The summed E-state index contributed by atoms with van der Waals surface area (Å²) in [4.78, 5) is 18.7. The summed E-state index contributed by atoms with van der Waals surface area (Å²) in [5.41, 5.74) is 1.20. The molecule has 3 rings (SSSR count). The van der Waals surface area contributed by atoms with E-state index in [-0.39, 0.29) is 12.4 Å². The number of hydrogen-bond acceptors (Lipinski definition) is 5. The molecule has 2 aliphatic heterocycles. The largest absolute Gasteiger partial charge is 0.378 e. The van der Waals surface area contributed by atoms with Crippen LogP contribution in [0.25, 0.3) is 0 Å². The Hall–Kier alpha value is -1.51. The Labute approximate surface area is 145 Å². The second-order valence-corrected chi connectivity index (χ2v) is 5.88. The van der Waals surface area contributed by atoms with Gasteiger partial charge in [-0.15, -0.1) is 12.4 Å². The lowest BCUT2D eigenvalue weighted by Crippen LogP contribution is -2.37. The van der Waals surface area contributed by atoms with E-state index in [1.54, 1.807) is 13.0 Å². The molecule has 0 aliphatic carbocycles. The van der Waals surface area contributed by atoms with Crippen LogP contribution in [0.15, 0.2) is 12.1 Å². The molecule has 1 amide bonds. The summed E-state index contributed by atoms with van der Waals surface area (Å²) in [6.45, 7) is 4.22. The lowest BCUT2D eigenvalue weighted by Gasteiger charge is -2.28. The molecule has 0 bridgehead atoms. The van der Waals surface area contributed by atoms with E-state index in [1.807, 2.05) is 6.07 Å². The number of aryl methyl sites for hydroxylation is 1. The van der Waals surface area contributed by atoms with E-state index >= 15 is 0 Å². The predicted molar refractivity (Wildman–Crippen MR) is 89.2 cm³/mol. The molecule has 1 unspecified atom stereocenters. The van der Waals surface area contributed by atoms with Gasteiger partial charge in [0.15, 0.2) is 0 Å². The van der Waals surface area contributed by atoms with E-state index in [1.165, 1.54) is 0 Å². The van der Waals surface area contributed by atoms with Crippen LogP contribution in [0.2, 0.25) is 0 Å². The van der Waals surface area contributed by atoms with Gasteiger partial charge in [-0.2, -0.15) is 0 Å². The molecule has 1 aromatic heterocycles. The highest BCUT2D eigenvalue weighted by Gasteiger charge is 2.42. The number of alkyl halides is 2. The van der Waals surface area contributed by atoms with Crippen LogP contribution >= 0.6 is 12.4 Å². The van der Waals surface area contributed by atoms with Crippen molar-refractivity contribution >= 4 is 29.8 Å². The highest BCUT2D eigenvalue weighted by molar-refractivity contribution is 5.95. The molecule has 6 nitrogen and oxygen atoms in total. The first-order valence-corrected chi connectivity index (χ1v) is 7.67. The average molecular weight is 363 g/mol. The normalized spacial score (nSPS) is 22.8. The molecule has 2 N–H and O–H groups in total. The van der Waals surface area contributed by atoms with Gasteiger partial charge in [-0.25, -0.2) is 13.8 Å². The summed E-state index contributed by atoms with van der Waals surface area (Å²) < 4.78 is 31.6. The molecule has 2 saturated heterocycles. The number of pyridine rings is 1. The fourth-order valence-corrected chi connectivity index (χ4v) is 2.77. The van der Waals surface area contributed by atoms with Crippen molar-refractivity contribution in [2.24, 2.45) is 0 Å². The van der Waals surface area contributed by atoms with E-state index < -0.39 is 30.8 Å². The topological polar surface area (TPSA) is 66.5 Å². The second-order valence-electron chi connectivity index (χ2n) is 5.88. The van der Waals surface area contributed by atoms with Gasteiger partial charge in [0, 0.05) is 19.5 Å². The Kier molecular flexibility index (Phi) is 5.95. The van der Waals surface area contributed by atoms with Gasteiger partial charge in [-0.3, -0.25) is 10.1 Å². The standard InChI is InChI=1S/C15H20F2N4O2.ClH/c1-10-11(20-14(22)12-8-15(16,17)9-18-12)2-3-13(19-10)21-4-6-23-7-5-21;/h2-3,12,18H,4-9H2,1H3,(H,20,22);1H. The van der Waals surface area contributed by atoms with Crippen LogP contribution in [-0.4, -0.2) is 55.7 Å². The van der Waals surface area contributed by atoms with Crippen LogP contribution in [-0.2, 0) is 9.53 Å². The van der Waals surface area contributed by atoms with Crippen LogP contribution < -0.4 is 15.5 Å². The zero-order valence-corrected chi connectivity index (χ0v) is 14.2. The smallest absolute Gasteiger partial charge is 0.262 e. The fourth-order valence-electron chi connectivity index (χ4n) is 2.77. The number of amides is 1. The van der Waals surface area contributed by atoms with Crippen molar-refractivity contribution in [3.8, 4) is 0 Å². The number of morpholine rings is 1. The van der Waals surface area contributed by atoms with Crippen molar-refractivity contribution in [3.05, 3.63) is 17.8 Å². The highest BCUT2D eigenvalue weighted by Crippen LogP contribution is 2.26. The van der Waals surface area contributed by atoms with Crippen molar-refractivity contribution < 1.29 is 18.3 Å². The minimum absolute atomic E-state index is 0. The van der Waals surface area contributed by atoms with Gasteiger partial charge in [-0.1, -0.05) is 0 Å². The summed E-state index contributed by atoms with van der Waals surface area (Å²) in [6, 6.07) is 2.71. The molecular weight excluding hydrogens is 342 g/mol. The van der Waals surface area contributed by atoms with Crippen molar-refractivity contribution in [1.29, 1.82) is 0 Å². The quantitative estimate of drug-likeness (QED) is 0.854. The molecule has 134 valence electrons. The minimum Gasteiger partial charge on any atom is -0.378 e. The molecule has 2 fully saturated rings. The van der Waals surface area contributed by atoms with Crippen molar-refractivity contribution in [2.45, 2.75) is 25.3 Å². The number of halogens is 3. The number of aromatic nitrogens is 1. The lowest BCUT2D eigenvalue weighted by atomic mass is 10.1. The van der Waals surface area contributed by atoms with E-state index in [2.05, 4.69) is 20.5 Å². The minimum atomic E-state index is -2.82. The first-order chi connectivity index (χ1) is 10.9. The van der Waals surface area contributed by atoms with E-state index in [4.69, 9.17) is 4.74 Å². The summed E-state index contributed by atoms with van der Waals surface area (Å²) in [7, 11) is 0. The van der Waals surface area contributed by atoms with Crippen LogP contribution in [0.4, 0.5) is 20.3 Å². The van der Waals surface area contributed by atoms with Crippen LogP contribution in [0.3, 0.4) is 0 Å². The molecule has 1 atom stereocenters. The molecule has 24 heavy (non-hydrogen) atoms. The van der Waals surface area contributed by atoms with E-state index in [0.717, 1.165) is 18.9 Å². The summed E-state index contributed by atoms with van der Waals surface area (Å²) in [6.07, 6.45) is -0.475. The lowest BCUT2D eigenvalue weighted by molar-refractivity contribution is -0.118. The number of ether oxygens (including phenoxy) is 1. The van der Waals surface area contributed by atoms with Crippen molar-refractivity contribution in [3.63, 3.8) is 0 Å². The summed E-state index contributed by atoms with van der Waals surface area (Å²) >= 11 is 0. The maximum absolute atomic E-state index is 13.2. The highest BCUT2D eigenvalue weighted by atomic mass is 35.5. The number of nitrogens with one attached hydrogen (secondary N) is 2. The number of carbonyl (C=O) groups is 1. The Morgan fingerprint density at radius 3 is 2.71 bits per heavy atom. The van der Waals surface area contributed by atoms with E-state index in [9.17, 15) is 13.6 Å². The number of rotatable bonds is 3. The number of hydrogen-bond donors (Lipinski definition) is 2. The molecule has 9 heteroatoms. The predicted octanol–water partition coefficient (Wildman–Crippen LogP) is 1.58. The Morgan fingerprint density at radius 1 is 1.42 bits per heavy atom. The van der Waals surface area contributed by atoms with Crippen LogP contribution in [0.1, 0.15) is 12.1 Å². The second kappa shape index (κ2) is 7.58. The zero-order chi connectivity index (χ0) is 16.4. The van der Waals surface area contributed by atoms with Gasteiger partial charge in [0.2, 0.25) is 5.91 Å². The van der Waals surface area contributed by atoms with Gasteiger partial charge in [-0.05, 0) is 19.1 Å². The van der Waals surface area contributed by atoms with Crippen LogP contribution in [0, 0.1) is 6.92 Å². The monoisotopic (exact) mass is 362 g/mol. The molecule has 0 radical (unpaired) electrons. The fraction of sp³-hybridized carbons (Fsp3) is 0.600. The van der Waals surface area contributed by atoms with Gasteiger partial charge in [0.1, 0.15) is 5.82 Å².